The van der Waals surface area contributed by atoms with Crippen LogP contribution in [0.3, 0.4) is 0 Å². The molecule has 0 atom stereocenters. The zero-order valence-electron chi connectivity index (χ0n) is 16.6. The number of ether oxygens (including phenoxy) is 3. The Morgan fingerprint density at radius 1 is 0.897 bits per heavy atom. The summed E-state index contributed by atoms with van der Waals surface area (Å²) in [5.74, 6) is 1.65. The van der Waals surface area contributed by atoms with Gasteiger partial charge in [-0.2, -0.15) is 0 Å². The van der Waals surface area contributed by atoms with Crippen LogP contribution in [0, 0.1) is 6.92 Å². The number of methoxy groups -OCH3 is 3. The number of rotatable bonds is 7. The highest BCUT2D eigenvalue weighted by Crippen LogP contribution is 2.30. The number of amides is 1. The lowest BCUT2D eigenvalue weighted by Gasteiger charge is -2.12. The number of hydrogen-bond acceptors (Lipinski definition) is 7. The summed E-state index contributed by atoms with van der Waals surface area (Å²) in [6.45, 7) is 1.97. The third-order valence-corrected chi connectivity index (χ3v) is 4.13. The summed E-state index contributed by atoms with van der Waals surface area (Å²) in [5, 5.41) is 5.88. The van der Waals surface area contributed by atoms with Gasteiger partial charge >= 0.3 is 0 Å². The lowest BCUT2D eigenvalue weighted by atomic mass is 10.2. The molecule has 0 spiro atoms. The molecule has 3 aromatic rings. The van der Waals surface area contributed by atoms with Crippen molar-refractivity contribution in [1.29, 1.82) is 0 Å². The molecule has 0 saturated heterocycles. The van der Waals surface area contributed by atoms with Crippen LogP contribution >= 0.6 is 0 Å². The van der Waals surface area contributed by atoms with Crippen LogP contribution in [0.15, 0.2) is 48.7 Å². The van der Waals surface area contributed by atoms with Gasteiger partial charge in [-0.1, -0.05) is 6.07 Å². The van der Waals surface area contributed by atoms with E-state index >= 15 is 0 Å². The minimum Gasteiger partial charge on any atom is -0.495 e. The topological polar surface area (TPSA) is 94.6 Å². The molecule has 1 amide bonds. The Balaban J connectivity index is 1.79. The first-order valence-electron chi connectivity index (χ1n) is 8.82. The predicted molar refractivity (Wildman–Crippen MR) is 111 cm³/mol. The Morgan fingerprint density at radius 3 is 2.34 bits per heavy atom. The van der Waals surface area contributed by atoms with E-state index in [0.717, 1.165) is 5.56 Å². The molecule has 0 unspecified atom stereocenters. The number of aromatic nitrogens is 2. The van der Waals surface area contributed by atoms with Crippen LogP contribution in [0.4, 0.5) is 17.3 Å². The zero-order chi connectivity index (χ0) is 20.8. The molecule has 1 aromatic heterocycles. The second-order valence-electron chi connectivity index (χ2n) is 6.12. The molecule has 0 aliphatic heterocycles. The van der Waals surface area contributed by atoms with Gasteiger partial charge in [0.2, 0.25) is 5.95 Å². The highest BCUT2D eigenvalue weighted by Gasteiger charge is 2.12. The summed E-state index contributed by atoms with van der Waals surface area (Å²) >= 11 is 0. The Kier molecular flexibility index (Phi) is 6.13. The van der Waals surface area contributed by atoms with Gasteiger partial charge in [-0.05, 0) is 42.8 Å². The van der Waals surface area contributed by atoms with Crippen molar-refractivity contribution < 1.29 is 19.0 Å². The van der Waals surface area contributed by atoms with E-state index in [0.29, 0.717) is 28.6 Å². The van der Waals surface area contributed by atoms with Crippen LogP contribution in [0.25, 0.3) is 0 Å². The Morgan fingerprint density at radius 2 is 1.62 bits per heavy atom. The molecule has 29 heavy (non-hydrogen) atoms. The molecule has 3 rings (SSSR count). The molecule has 0 saturated carbocycles. The van der Waals surface area contributed by atoms with E-state index in [-0.39, 0.29) is 17.5 Å². The van der Waals surface area contributed by atoms with Crippen LogP contribution in [0.1, 0.15) is 16.1 Å². The minimum atomic E-state index is -0.376. The van der Waals surface area contributed by atoms with Gasteiger partial charge in [0, 0.05) is 18.0 Å². The number of anilines is 3. The van der Waals surface area contributed by atoms with Gasteiger partial charge < -0.3 is 24.8 Å². The summed E-state index contributed by atoms with van der Waals surface area (Å²) in [6.07, 6.45) is 1.52. The molecular weight excluding hydrogens is 372 g/mol. The van der Waals surface area contributed by atoms with E-state index in [2.05, 4.69) is 20.6 Å². The molecule has 0 aliphatic carbocycles. The van der Waals surface area contributed by atoms with Crippen LogP contribution < -0.4 is 24.8 Å². The normalized spacial score (nSPS) is 10.2. The van der Waals surface area contributed by atoms with E-state index in [1.165, 1.54) is 19.4 Å². The van der Waals surface area contributed by atoms with Crippen molar-refractivity contribution in [3.8, 4) is 17.2 Å². The largest absolute Gasteiger partial charge is 0.495 e. The average molecular weight is 394 g/mol. The van der Waals surface area contributed by atoms with E-state index in [9.17, 15) is 4.79 Å². The maximum atomic E-state index is 12.6. The SMILES string of the molecule is COc1ccc(C)cc1Nc1nccc(C(=O)Nc2ccc(OC)c(OC)c2)n1. The number of nitrogens with one attached hydrogen (secondary N) is 2. The number of hydrogen-bond donors (Lipinski definition) is 2. The molecule has 1 heterocycles. The van der Waals surface area contributed by atoms with E-state index in [1.807, 2.05) is 25.1 Å². The lowest BCUT2D eigenvalue weighted by molar-refractivity contribution is 0.102. The average Bonchev–Trinajstić information content (AvgIpc) is 2.74. The molecule has 150 valence electrons. The fraction of sp³-hybridized carbons (Fsp3) is 0.190. The zero-order valence-corrected chi connectivity index (χ0v) is 16.6. The molecule has 2 aromatic carbocycles. The second kappa shape index (κ2) is 8.92. The van der Waals surface area contributed by atoms with Crippen LogP contribution in [0.5, 0.6) is 17.2 Å². The van der Waals surface area contributed by atoms with E-state index < -0.39 is 0 Å². The van der Waals surface area contributed by atoms with Crippen molar-refractivity contribution in [3.05, 3.63) is 59.9 Å². The molecule has 0 bridgehead atoms. The van der Waals surface area contributed by atoms with Crippen molar-refractivity contribution in [2.75, 3.05) is 32.0 Å². The van der Waals surface area contributed by atoms with Crippen molar-refractivity contribution in [2.45, 2.75) is 6.92 Å². The van der Waals surface area contributed by atoms with Gasteiger partial charge in [-0.15, -0.1) is 0 Å². The van der Waals surface area contributed by atoms with Crippen LogP contribution in [-0.4, -0.2) is 37.2 Å². The second-order valence-corrected chi connectivity index (χ2v) is 6.12. The van der Waals surface area contributed by atoms with Crippen molar-refractivity contribution in [3.63, 3.8) is 0 Å². The summed E-state index contributed by atoms with van der Waals surface area (Å²) in [4.78, 5) is 21.1. The van der Waals surface area contributed by atoms with E-state index in [1.54, 1.807) is 32.4 Å². The van der Waals surface area contributed by atoms with Gasteiger partial charge in [-0.25, -0.2) is 9.97 Å². The summed E-state index contributed by atoms with van der Waals surface area (Å²) in [5.41, 5.74) is 2.53. The van der Waals surface area contributed by atoms with Crippen LogP contribution in [-0.2, 0) is 0 Å². The number of aryl methyl sites for hydroxylation is 1. The van der Waals surface area contributed by atoms with Gasteiger partial charge in [0.15, 0.2) is 11.5 Å². The van der Waals surface area contributed by atoms with E-state index in [4.69, 9.17) is 14.2 Å². The van der Waals surface area contributed by atoms with Crippen molar-refractivity contribution >= 4 is 23.2 Å². The molecule has 0 fully saturated rings. The fourth-order valence-corrected chi connectivity index (χ4v) is 2.69. The first-order chi connectivity index (χ1) is 14.0. The molecule has 0 aliphatic rings. The fourth-order valence-electron chi connectivity index (χ4n) is 2.69. The lowest BCUT2D eigenvalue weighted by Crippen LogP contribution is -2.15. The smallest absolute Gasteiger partial charge is 0.274 e. The molecule has 0 radical (unpaired) electrons. The third kappa shape index (κ3) is 4.73. The van der Waals surface area contributed by atoms with Gasteiger partial charge in [0.05, 0.1) is 27.0 Å². The molecule has 2 N–H and O–H groups in total. The number of carbonyl (C=O) groups excluding carboxylic acids is 1. The van der Waals surface area contributed by atoms with Crippen molar-refractivity contribution in [2.24, 2.45) is 0 Å². The highest BCUT2D eigenvalue weighted by molar-refractivity contribution is 6.03. The number of nitrogens with zero attached hydrogens (tertiary/aromatic N) is 2. The summed E-state index contributed by atoms with van der Waals surface area (Å²) < 4.78 is 15.8. The van der Waals surface area contributed by atoms with Gasteiger partial charge in [-0.3, -0.25) is 4.79 Å². The predicted octanol–water partition coefficient (Wildman–Crippen LogP) is 3.81. The maximum Gasteiger partial charge on any atom is 0.274 e. The van der Waals surface area contributed by atoms with Crippen LogP contribution in [0.2, 0.25) is 0 Å². The molecule has 8 nitrogen and oxygen atoms in total. The standard InChI is InChI=1S/C21H22N4O4/c1-13-5-7-17(27-2)16(11-13)25-21-22-10-9-15(24-21)20(26)23-14-6-8-18(28-3)19(12-14)29-4/h5-12H,1-4H3,(H,23,26)(H,22,24,25). The first kappa shape index (κ1) is 19.9. The summed E-state index contributed by atoms with van der Waals surface area (Å²) in [6, 6.07) is 12.4. The first-order valence-corrected chi connectivity index (χ1v) is 8.82. The summed E-state index contributed by atoms with van der Waals surface area (Å²) in [7, 11) is 4.67. The Hall–Kier alpha value is -3.81. The number of benzene rings is 2. The minimum absolute atomic E-state index is 0.212. The van der Waals surface area contributed by atoms with Crippen molar-refractivity contribution in [1.82, 2.24) is 9.97 Å². The molecular formula is C21H22N4O4. The van der Waals surface area contributed by atoms with Gasteiger partial charge in [0.1, 0.15) is 11.4 Å². The molecule has 8 heteroatoms. The highest BCUT2D eigenvalue weighted by atomic mass is 16.5. The Labute approximate surface area is 168 Å². The Bertz CT molecular complexity index is 1020. The third-order valence-electron chi connectivity index (χ3n) is 4.13. The monoisotopic (exact) mass is 394 g/mol. The quantitative estimate of drug-likeness (QED) is 0.629. The van der Waals surface area contributed by atoms with Gasteiger partial charge in [0.25, 0.3) is 5.91 Å². The number of carbonyl (C=O) groups is 1. The maximum absolute atomic E-state index is 12.6.